The predicted molar refractivity (Wildman–Crippen MR) is 48.5 cm³/mol. The van der Waals surface area contributed by atoms with E-state index in [1.165, 1.54) is 7.11 Å². The number of carbonyl (C=O) groups excluding carboxylic acids is 2. The van der Waals surface area contributed by atoms with Crippen molar-refractivity contribution >= 4 is 11.9 Å². The fourth-order valence-corrected chi connectivity index (χ4v) is 0.807. The Hall–Kier alpha value is -1.10. The summed E-state index contributed by atoms with van der Waals surface area (Å²) in [4.78, 5) is 21.7. The molecular formula is C9H16O5. The molecule has 0 aliphatic rings. The number of ether oxygens (including phenoxy) is 3. The zero-order valence-electron chi connectivity index (χ0n) is 8.58. The maximum atomic E-state index is 10.9. The fraction of sp³-hybridized carbons (Fsp3) is 0.778. The number of carbonyl (C=O) groups is 2. The van der Waals surface area contributed by atoms with Gasteiger partial charge in [-0.3, -0.25) is 9.59 Å². The first-order valence-corrected chi connectivity index (χ1v) is 4.50. The molecule has 0 spiro atoms. The van der Waals surface area contributed by atoms with Gasteiger partial charge in [-0.25, -0.2) is 0 Å². The van der Waals surface area contributed by atoms with Crippen LogP contribution in [0.3, 0.4) is 0 Å². The van der Waals surface area contributed by atoms with Crippen LogP contribution in [0.2, 0.25) is 0 Å². The van der Waals surface area contributed by atoms with Gasteiger partial charge < -0.3 is 14.2 Å². The lowest BCUT2D eigenvalue weighted by atomic mass is 10.2. The number of esters is 2. The Morgan fingerprint density at radius 2 is 1.64 bits per heavy atom. The minimum Gasteiger partial charge on any atom is -0.466 e. The van der Waals surface area contributed by atoms with Crippen LogP contribution in [0.4, 0.5) is 0 Å². The Morgan fingerprint density at radius 1 is 1.07 bits per heavy atom. The van der Waals surface area contributed by atoms with Crippen molar-refractivity contribution in [2.45, 2.75) is 26.2 Å². The number of rotatable bonds is 7. The molecule has 0 atom stereocenters. The lowest BCUT2D eigenvalue weighted by Gasteiger charge is -2.03. The maximum Gasteiger partial charge on any atom is 0.307 e. The van der Waals surface area contributed by atoms with Crippen LogP contribution in [0.1, 0.15) is 26.2 Å². The highest BCUT2D eigenvalue weighted by Crippen LogP contribution is 1.99. The van der Waals surface area contributed by atoms with Crippen molar-refractivity contribution in [3.05, 3.63) is 0 Å². The molecule has 0 bridgehead atoms. The molecule has 0 saturated heterocycles. The van der Waals surface area contributed by atoms with Crippen molar-refractivity contribution < 1.29 is 23.8 Å². The zero-order valence-corrected chi connectivity index (χ0v) is 8.58. The van der Waals surface area contributed by atoms with E-state index in [1.54, 1.807) is 6.92 Å². The van der Waals surface area contributed by atoms with E-state index < -0.39 is 0 Å². The highest BCUT2D eigenvalue weighted by atomic mass is 16.7. The molecule has 0 aromatic rings. The Balaban J connectivity index is 3.34. The molecule has 0 N–H and O–H groups in total. The Morgan fingerprint density at radius 3 is 2.14 bits per heavy atom. The highest BCUT2D eigenvalue weighted by Gasteiger charge is 2.05. The van der Waals surface area contributed by atoms with E-state index in [4.69, 9.17) is 0 Å². The third-order valence-corrected chi connectivity index (χ3v) is 1.40. The molecule has 0 saturated carbocycles. The van der Waals surface area contributed by atoms with Crippen LogP contribution in [-0.2, 0) is 23.8 Å². The third kappa shape index (κ3) is 7.54. The van der Waals surface area contributed by atoms with Crippen molar-refractivity contribution in [3.8, 4) is 0 Å². The van der Waals surface area contributed by atoms with Crippen LogP contribution in [0.15, 0.2) is 0 Å². The smallest absolute Gasteiger partial charge is 0.307 e. The van der Waals surface area contributed by atoms with Gasteiger partial charge in [0, 0.05) is 20.0 Å². The van der Waals surface area contributed by atoms with E-state index >= 15 is 0 Å². The zero-order chi connectivity index (χ0) is 10.8. The minimum atomic E-state index is -0.365. The summed E-state index contributed by atoms with van der Waals surface area (Å²) in [6.45, 7) is 2.07. The van der Waals surface area contributed by atoms with Gasteiger partial charge in [-0.2, -0.15) is 0 Å². The molecule has 0 aliphatic heterocycles. The van der Waals surface area contributed by atoms with Gasteiger partial charge in [-0.05, 0) is 13.3 Å². The quantitative estimate of drug-likeness (QED) is 0.454. The molecule has 0 heterocycles. The number of hydrogen-bond acceptors (Lipinski definition) is 5. The molecule has 0 radical (unpaired) electrons. The van der Waals surface area contributed by atoms with Gasteiger partial charge in [0.25, 0.3) is 0 Å². The van der Waals surface area contributed by atoms with Gasteiger partial charge in [0.1, 0.15) is 0 Å². The fourth-order valence-electron chi connectivity index (χ4n) is 0.807. The average Bonchev–Trinajstić information content (AvgIpc) is 2.15. The summed E-state index contributed by atoms with van der Waals surface area (Å²) < 4.78 is 13.9. The lowest BCUT2D eigenvalue weighted by molar-refractivity contribution is -0.154. The first kappa shape index (κ1) is 12.9. The summed E-state index contributed by atoms with van der Waals surface area (Å²) in [6, 6.07) is 0. The predicted octanol–water partition coefficient (Wildman–Crippen LogP) is 0.867. The standard InChI is InChI=1S/C9H16O5/c1-3-13-8(10)5-4-6-9(11)14-7-12-2/h3-7H2,1-2H3. The Bertz CT molecular complexity index is 178. The summed E-state index contributed by atoms with van der Waals surface area (Å²) in [7, 11) is 1.44. The van der Waals surface area contributed by atoms with E-state index in [1.807, 2.05) is 0 Å². The highest BCUT2D eigenvalue weighted by molar-refractivity contribution is 5.72. The second-order valence-electron chi connectivity index (χ2n) is 2.58. The van der Waals surface area contributed by atoms with Crippen molar-refractivity contribution in [3.63, 3.8) is 0 Å². The molecule has 0 unspecified atom stereocenters. The molecule has 0 aromatic heterocycles. The van der Waals surface area contributed by atoms with E-state index in [0.717, 1.165) is 0 Å². The second-order valence-corrected chi connectivity index (χ2v) is 2.58. The van der Waals surface area contributed by atoms with Crippen molar-refractivity contribution in [2.75, 3.05) is 20.5 Å². The maximum absolute atomic E-state index is 10.9. The lowest BCUT2D eigenvalue weighted by Crippen LogP contribution is -2.09. The van der Waals surface area contributed by atoms with Gasteiger partial charge in [0.15, 0.2) is 6.79 Å². The van der Waals surface area contributed by atoms with Gasteiger partial charge in [-0.1, -0.05) is 0 Å². The van der Waals surface area contributed by atoms with Gasteiger partial charge in [-0.15, -0.1) is 0 Å². The molecular weight excluding hydrogens is 188 g/mol. The average molecular weight is 204 g/mol. The molecule has 0 aliphatic carbocycles. The minimum absolute atomic E-state index is 0.0434. The van der Waals surface area contributed by atoms with E-state index in [9.17, 15) is 9.59 Å². The van der Waals surface area contributed by atoms with Crippen molar-refractivity contribution in [1.82, 2.24) is 0 Å². The van der Waals surface area contributed by atoms with Crippen LogP contribution in [0.25, 0.3) is 0 Å². The summed E-state index contributed by atoms with van der Waals surface area (Å²) in [5.41, 5.74) is 0. The Labute approximate surface area is 83.3 Å². The van der Waals surface area contributed by atoms with E-state index in [0.29, 0.717) is 13.0 Å². The summed E-state index contributed by atoms with van der Waals surface area (Å²) >= 11 is 0. The van der Waals surface area contributed by atoms with Crippen LogP contribution in [0.5, 0.6) is 0 Å². The topological polar surface area (TPSA) is 61.8 Å². The molecule has 82 valence electrons. The third-order valence-electron chi connectivity index (χ3n) is 1.40. The summed E-state index contributed by atoms with van der Waals surface area (Å²) in [5.74, 6) is -0.650. The molecule has 5 nitrogen and oxygen atoms in total. The normalized spacial score (nSPS) is 9.57. The number of methoxy groups -OCH3 is 1. The monoisotopic (exact) mass is 204 g/mol. The molecule has 5 heteroatoms. The first-order chi connectivity index (χ1) is 6.70. The Kier molecular flexibility index (Phi) is 7.83. The number of hydrogen-bond donors (Lipinski definition) is 0. The first-order valence-electron chi connectivity index (χ1n) is 4.50. The summed E-state index contributed by atoms with van der Waals surface area (Å²) in [5, 5.41) is 0. The van der Waals surface area contributed by atoms with Crippen LogP contribution < -0.4 is 0 Å². The SMILES string of the molecule is CCOC(=O)CCCC(=O)OCOC. The van der Waals surface area contributed by atoms with Crippen molar-refractivity contribution in [1.29, 1.82) is 0 Å². The molecule has 0 rings (SSSR count). The van der Waals surface area contributed by atoms with Crippen LogP contribution in [-0.4, -0.2) is 32.4 Å². The largest absolute Gasteiger partial charge is 0.466 e. The van der Waals surface area contributed by atoms with Crippen LogP contribution >= 0.6 is 0 Å². The second kappa shape index (κ2) is 8.50. The van der Waals surface area contributed by atoms with Crippen LogP contribution in [0, 0.1) is 0 Å². The van der Waals surface area contributed by atoms with Crippen molar-refractivity contribution in [2.24, 2.45) is 0 Å². The molecule has 0 amide bonds. The summed E-state index contributed by atoms with van der Waals surface area (Å²) in [6.07, 6.45) is 0.902. The van der Waals surface area contributed by atoms with E-state index in [-0.39, 0.29) is 31.6 Å². The van der Waals surface area contributed by atoms with Gasteiger partial charge in [0.2, 0.25) is 0 Å². The van der Waals surface area contributed by atoms with E-state index in [2.05, 4.69) is 14.2 Å². The molecule has 0 fully saturated rings. The molecule has 14 heavy (non-hydrogen) atoms. The van der Waals surface area contributed by atoms with Gasteiger partial charge >= 0.3 is 11.9 Å². The van der Waals surface area contributed by atoms with Gasteiger partial charge in [0.05, 0.1) is 6.61 Å². The molecule has 0 aromatic carbocycles.